The lowest BCUT2D eigenvalue weighted by Gasteiger charge is -2.07. The lowest BCUT2D eigenvalue weighted by molar-refractivity contribution is -0.121. The molecule has 0 aliphatic rings. The van der Waals surface area contributed by atoms with Crippen LogP contribution in [0.2, 0.25) is 5.02 Å². The van der Waals surface area contributed by atoms with Crippen LogP contribution in [0.3, 0.4) is 0 Å². The van der Waals surface area contributed by atoms with Gasteiger partial charge in [0, 0.05) is 24.5 Å². The summed E-state index contributed by atoms with van der Waals surface area (Å²) in [5, 5.41) is 13.0. The number of nitrogens with one attached hydrogen (secondary N) is 1. The van der Waals surface area contributed by atoms with E-state index in [1.165, 1.54) is 5.56 Å². The minimum atomic E-state index is -0.000411. The van der Waals surface area contributed by atoms with E-state index in [4.69, 9.17) is 11.6 Å². The molecule has 2 aromatic heterocycles. The van der Waals surface area contributed by atoms with Gasteiger partial charge >= 0.3 is 0 Å². The van der Waals surface area contributed by atoms with Gasteiger partial charge in [-0.25, -0.2) is 0 Å². The van der Waals surface area contributed by atoms with E-state index in [2.05, 4.69) is 27.6 Å². The number of nitrogens with zero attached hydrogens (tertiary/aromatic N) is 4. The van der Waals surface area contributed by atoms with Crippen molar-refractivity contribution in [1.82, 2.24) is 24.9 Å². The number of aromatic nitrogens is 4. The van der Waals surface area contributed by atoms with Crippen molar-refractivity contribution in [3.8, 4) is 0 Å². The third-order valence-corrected chi connectivity index (χ3v) is 3.81. The largest absolute Gasteiger partial charge is 0.354 e. The van der Waals surface area contributed by atoms with Crippen LogP contribution in [0.5, 0.6) is 0 Å². The van der Waals surface area contributed by atoms with Crippen molar-refractivity contribution >= 4 is 28.4 Å². The quantitative estimate of drug-likeness (QED) is 0.754. The molecule has 0 aliphatic carbocycles. The molecule has 3 rings (SSSR count). The van der Waals surface area contributed by atoms with Crippen LogP contribution in [-0.4, -0.2) is 32.0 Å². The van der Waals surface area contributed by atoms with Crippen LogP contribution in [0, 0.1) is 6.92 Å². The summed E-state index contributed by atoms with van der Waals surface area (Å²) < 4.78 is 3.57. The van der Waals surface area contributed by atoms with Crippen LogP contribution in [0.4, 0.5) is 0 Å². The number of carbonyl (C=O) groups excluding carboxylic acids is 1. The maximum atomic E-state index is 11.9. The van der Waals surface area contributed by atoms with Crippen LogP contribution in [0.15, 0.2) is 36.8 Å². The van der Waals surface area contributed by atoms with Crippen molar-refractivity contribution in [2.24, 2.45) is 0 Å². The lowest BCUT2D eigenvalue weighted by Crippen LogP contribution is -2.28. The fourth-order valence-electron chi connectivity index (χ4n) is 2.43. The minimum absolute atomic E-state index is 0.000411. The highest BCUT2D eigenvalue weighted by Gasteiger charge is 2.06. The van der Waals surface area contributed by atoms with E-state index in [0.717, 1.165) is 10.9 Å². The summed E-state index contributed by atoms with van der Waals surface area (Å²) in [7, 11) is 0. The Kier molecular flexibility index (Phi) is 4.62. The van der Waals surface area contributed by atoms with E-state index < -0.39 is 0 Å². The first kappa shape index (κ1) is 15.6. The topological polar surface area (TPSA) is 64.7 Å². The van der Waals surface area contributed by atoms with E-state index >= 15 is 0 Å². The monoisotopic (exact) mass is 331 g/mol. The average molecular weight is 332 g/mol. The van der Waals surface area contributed by atoms with Gasteiger partial charge in [0.2, 0.25) is 5.91 Å². The first-order chi connectivity index (χ1) is 11.1. The molecule has 7 heteroatoms. The molecular formula is C16H18ClN5O. The summed E-state index contributed by atoms with van der Waals surface area (Å²) in [5.74, 6) is -0.000411. The summed E-state index contributed by atoms with van der Waals surface area (Å²) in [4.78, 5) is 11.9. The van der Waals surface area contributed by atoms with E-state index in [0.29, 0.717) is 31.1 Å². The Bertz CT molecular complexity index is 823. The molecule has 0 radical (unpaired) electrons. The molecule has 0 saturated heterocycles. The Labute approximate surface area is 139 Å². The lowest BCUT2D eigenvalue weighted by atomic mass is 10.2. The van der Waals surface area contributed by atoms with Crippen molar-refractivity contribution in [3.05, 3.63) is 47.4 Å². The Morgan fingerprint density at radius 3 is 2.91 bits per heavy atom. The molecule has 3 aromatic rings. The second kappa shape index (κ2) is 6.83. The molecule has 6 nitrogen and oxygen atoms in total. The summed E-state index contributed by atoms with van der Waals surface area (Å²) in [5.41, 5.74) is 2.24. The molecule has 120 valence electrons. The molecule has 0 unspecified atom stereocenters. The molecular weight excluding hydrogens is 314 g/mol. The van der Waals surface area contributed by atoms with Crippen LogP contribution in [0.1, 0.15) is 12.0 Å². The zero-order chi connectivity index (χ0) is 16.2. The van der Waals surface area contributed by atoms with Crippen LogP contribution < -0.4 is 5.32 Å². The van der Waals surface area contributed by atoms with E-state index in [-0.39, 0.29) is 5.91 Å². The molecule has 0 fully saturated rings. The number of rotatable bonds is 6. The highest BCUT2D eigenvalue weighted by Crippen LogP contribution is 2.15. The van der Waals surface area contributed by atoms with E-state index in [1.807, 2.05) is 23.9 Å². The number of amides is 1. The number of aryl methyl sites for hydroxylation is 2. The number of hydrogen-bond donors (Lipinski definition) is 1. The second-order valence-corrected chi connectivity index (χ2v) is 5.89. The van der Waals surface area contributed by atoms with Gasteiger partial charge in [0.1, 0.15) is 0 Å². The fraction of sp³-hybridized carbons (Fsp3) is 0.312. The van der Waals surface area contributed by atoms with Gasteiger partial charge in [0.25, 0.3) is 0 Å². The van der Waals surface area contributed by atoms with Crippen molar-refractivity contribution in [3.63, 3.8) is 0 Å². The first-order valence-corrected chi connectivity index (χ1v) is 7.86. The van der Waals surface area contributed by atoms with Crippen molar-refractivity contribution in [1.29, 1.82) is 0 Å². The molecule has 0 saturated carbocycles. The Hall–Kier alpha value is -2.34. The van der Waals surface area contributed by atoms with Crippen LogP contribution >= 0.6 is 11.6 Å². The molecule has 0 bridgehead atoms. The molecule has 1 N–H and O–H groups in total. The van der Waals surface area contributed by atoms with Crippen molar-refractivity contribution in [2.75, 3.05) is 6.54 Å². The fourth-order valence-corrected chi connectivity index (χ4v) is 2.58. The standard InChI is InChI=1S/C16H18ClN5O/c1-12-2-3-13-9-20-22(15(13)8-12)6-4-16(23)18-5-7-21-11-14(17)10-19-21/h2-3,8-11H,4-7H2,1H3,(H,18,23). The summed E-state index contributed by atoms with van der Waals surface area (Å²) >= 11 is 5.79. The van der Waals surface area contributed by atoms with Gasteiger partial charge in [-0.15, -0.1) is 0 Å². The molecule has 0 spiro atoms. The highest BCUT2D eigenvalue weighted by atomic mass is 35.5. The normalized spacial score (nSPS) is 11.0. The molecule has 0 atom stereocenters. The molecule has 2 heterocycles. The van der Waals surface area contributed by atoms with Crippen molar-refractivity contribution in [2.45, 2.75) is 26.4 Å². The Balaban J connectivity index is 1.49. The van der Waals surface area contributed by atoms with Gasteiger partial charge < -0.3 is 5.32 Å². The Morgan fingerprint density at radius 2 is 2.13 bits per heavy atom. The number of halogens is 1. The number of benzene rings is 1. The maximum Gasteiger partial charge on any atom is 0.221 e. The first-order valence-electron chi connectivity index (χ1n) is 7.48. The maximum absolute atomic E-state index is 11.9. The van der Waals surface area contributed by atoms with Gasteiger partial charge in [0.15, 0.2) is 0 Å². The predicted molar refractivity (Wildman–Crippen MR) is 89.3 cm³/mol. The Morgan fingerprint density at radius 1 is 1.26 bits per heavy atom. The summed E-state index contributed by atoms with van der Waals surface area (Å²) in [6.45, 7) is 3.73. The van der Waals surface area contributed by atoms with Gasteiger partial charge in [-0.05, 0) is 18.6 Å². The highest BCUT2D eigenvalue weighted by molar-refractivity contribution is 6.30. The minimum Gasteiger partial charge on any atom is -0.354 e. The second-order valence-electron chi connectivity index (χ2n) is 5.45. The zero-order valence-electron chi connectivity index (χ0n) is 12.9. The zero-order valence-corrected chi connectivity index (χ0v) is 13.6. The number of fused-ring (bicyclic) bond motifs is 1. The molecule has 0 aliphatic heterocycles. The van der Waals surface area contributed by atoms with Crippen LogP contribution in [-0.2, 0) is 17.9 Å². The third kappa shape index (κ3) is 3.90. The molecule has 1 amide bonds. The van der Waals surface area contributed by atoms with Gasteiger partial charge in [-0.1, -0.05) is 23.7 Å². The van der Waals surface area contributed by atoms with Gasteiger partial charge in [0.05, 0.1) is 36.0 Å². The predicted octanol–water partition coefficient (Wildman–Crippen LogP) is 2.40. The van der Waals surface area contributed by atoms with Gasteiger partial charge in [-0.3, -0.25) is 14.2 Å². The van der Waals surface area contributed by atoms with Crippen LogP contribution in [0.25, 0.3) is 10.9 Å². The summed E-state index contributed by atoms with van der Waals surface area (Å²) in [6, 6.07) is 6.19. The van der Waals surface area contributed by atoms with E-state index in [1.54, 1.807) is 17.1 Å². The molecule has 1 aromatic carbocycles. The SMILES string of the molecule is Cc1ccc2cnn(CCC(=O)NCCn3cc(Cl)cn3)c2c1. The van der Waals surface area contributed by atoms with E-state index in [9.17, 15) is 4.79 Å². The number of carbonyl (C=O) groups is 1. The number of hydrogen-bond acceptors (Lipinski definition) is 3. The van der Waals surface area contributed by atoms with Gasteiger partial charge in [-0.2, -0.15) is 10.2 Å². The summed E-state index contributed by atoms with van der Waals surface area (Å²) in [6.07, 6.45) is 5.53. The average Bonchev–Trinajstić information content (AvgIpc) is 3.11. The molecule has 23 heavy (non-hydrogen) atoms. The smallest absolute Gasteiger partial charge is 0.221 e. The third-order valence-electron chi connectivity index (χ3n) is 3.62. The van der Waals surface area contributed by atoms with Crippen molar-refractivity contribution < 1.29 is 4.79 Å².